The van der Waals surface area contributed by atoms with Crippen LogP contribution in [-0.2, 0) is 11.2 Å². The Balaban J connectivity index is 1.61. The molecule has 0 bridgehead atoms. The highest BCUT2D eigenvalue weighted by atomic mass is 19.1. The molecule has 1 aliphatic heterocycles. The third kappa shape index (κ3) is 6.31. The summed E-state index contributed by atoms with van der Waals surface area (Å²) in [6.07, 6.45) is 5.28. The predicted molar refractivity (Wildman–Crippen MR) is 122 cm³/mol. The quantitative estimate of drug-likeness (QED) is 0.588. The van der Waals surface area contributed by atoms with Crippen molar-refractivity contribution in [3.8, 4) is 5.88 Å². The molecule has 32 heavy (non-hydrogen) atoms. The fourth-order valence-electron chi connectivity index (χ4n) is 3.59. The molecule has 1 N–H and O–H groups in total. The van der Waals surface area contributed by atoms with Gasteiger partial charge in [0, 0.05) is 25.9 Å². The summed E-state index contributed by atoms with van der Waals surface area (Å²) in [5, 5.41) is 3.07. The van der Waals surface area contributed by atoms with Crippen molar-refractivity contribution in [3.05, 3.63) is 41.5 Å². The third-order valence-corrected chi connectivity index (χ3v) is 5.46. The van der Waals surface area contributed by atoms with Crippen LogP contribution >= 0.6 is 0 Å². The molecule has 0 aliphatic carbocycles. The van der Waals surface area contributed by atoms with E-state index in [-0.39, 0.29) is 24.1 Å². The van der Waals surface area contributed by atoms with Crippen LogP contribution < -0.4 is 10.1 Å². The number of benzene rings is 1. The molecule has 0 radical (unpaired) electrons. The van der Waals surface area contributed by atoms with Crippen molar-refractivity contribution in [1.82, 2.24) is 14.9 Å². The van der Waals surface area contributed by atoms with Gasteiger partial charge in [-0.1, -0.05) is 19.4 Å². The molecular weight excluding hydrogens is 411 g/mol. The van der Waals surface area contributed by atoms with E-state index in [0.717, 1.165) is 24.8 Å². The van der Waals surface area contributed by atoms with E-state index in [9.17, 15) is 9.18 Å². The second kappa shape index (κ2) is 11.1. The average Bonchev–Trinajstić information content (AvgIpc) is 2.76. The Labute approximate surface area is 189 Å². The molecule has 1 amide bonds. The molecule has 0 atom stereocenters. The lowest BCUT2D eigenvalue weighted by atomic mass is 10.1. The Kier molecular flexibility index (Phi) is 8.25. The fourth-order valence-corrected chi connectivity index (χ4v) is 3.59. The van der Waals surface area contributed by atoms with E-state index in [0.29, 0.717) is 48.9 Å². The maximum absolute atomic E-state index is 14.6. The zero-order valence-corrected chi connectivity index (χ0v) is 19.4. The van der Waals surface area contributed by atoms with E-state index < -0.39 is 0 Å². The number of aryl methyl sites for hydroxylation is 1. The van der Waals surface area contributed by atoms with Gasteiger partial charge in [0.15, 0.2) is 0 Å². The first-order chi connectivity index (χ1) is 15.4. The van der Waals surface area contributed by atoms with Gasteiger partial charge in [-0.3, -0.25) is 0 Å². The number of hydrogen-bond donors (Lipinski definition) is 1. The summed E-state index contributed by atoms with van der Waals surface area (Å²) in [6.45, 7) is 8.78. The van der Waals surface area contributed by atoms with Crippen molar-refractivity contribution in [1.29, 1.82) is 0 Å². The molecule has 8 heteroatoms. The molecule has 0 spiro atoms. The van der Waals surface area contributed by atoms with E-state index in [4.69, 9.17) is 9.47 Å². The number of unbranched alkanes of at least 4 members (excludes halogenated alkanes) is 1. The number of hydrogen-bond acceptors (Lipinski definition) is 6. The molecule has 2 heterocycles. The van der Waals surface area contributed by atoms with Crippen molar-refractivity contribution >= 4 is 17.6 Å². The standard InChI is InChI=1S/C24H33FN4O3/c1-5-6-7-18-8-9-21(20(25)14-18)28-22-17(4)23(27-15-26-22)32-19-10-12-29(13-11-19)24(30)31-16(2)3/h8-9,14-16,19H,5-7,10-13H2,1-4H3,(H,26,27,28). The Bertz CT molecular complexity index is 914. The normalized spacial score (nSPS) is 14.5. The number of amides is 1. The van der Waals surface area contributed by atoms with Gasteiger partial charge in [0.05, 0.1) is 17.4 Å². The van der Waals surface area contributed by atoms with Crippen LogP contribution in [-0.4, -0.2) is 46.3 Å². The van der Waals surface area contributed by atoms with Crippen LogP contribution in [0.1, 0.15) is 57.6 Å². The molecule has 174 valence electrons. The highest BCUT2D eigenvalue weighted by molar-refractivity contribution is 5.68. The molecular formula is C24H33FN4O3. The minimum Gasteiger partial charge on any atom is -0.474 e. The van der Waals surface area contributed by atoms with Crippen LogP contribution in [0.5, 0.6) is 5.88 Å². The number of anilines is 2. The van der Waals surface area contributed by atoms with Crippen molar-refractivity contribution in [2.24, 2.45) is 0 Å². The van der Waals surface area contributed by atoms with Crippen LogP contribution in [0.3, 0.4) is 0 Å². The van der Waals surface area contributed by atoms with Gasteiger partial charge < -0.3 is 19.7 Å². The molecule has 1 fully saturated rings. The lowest BCUT2D eigenvalue weighted by molar-refractivity contribution is 0.0505. The zero-order chi connectivity index (χ0) is 23.1. The Morgan fingerprint density at radius 2 is 2.03 bits per heavy atom. The first kappa shape index (κ1) is 23.8. The molecule has 0 unspecified atom stereocenters. The number of halogens is 1. The van der Waals surface area contributed by atoms with Crippen LogP contribution in [0.2, 0.25) is 0 Å². The first-order valence-electron chi connectivity index (χ1n) is 11.4. The summed E-state index contributed by atoms with van der Waals surface area (Å²) >= 11 is 0. The molecule has 1 aromatic carbocycles. The molecule has 2 aromatic rings. The van der Waals surface area contributed by atoms with E-state index in [1.165, 1.54) is 6.33 Å². The predicted octanol–water partition coefficient (Wildman–Crippen LogP) is 5.40. The highest BCUT2D eigenvalue weighted by Crippen LogP contribution is 2.28. The molecule has 3 rings (SSSR count). The monoisotopic (exact) mass is 444 g/mol. The van der Waals surface area contributed by atoms with Crippen LogP contribution in [0.4, 0.5) is 20.7 Å². The lowest BCUT2D eigenvalue weighted by Gasteiger charge is -2.32. The minimum atomic E-state index is -0.306. The van der Waals surface area contributed by atoms with Gasteiger partial charge in [-0.2, -0.15) is 0 Å². The second-order valence-electron chi connectivity index (χ2n) is 8.43. The number of likely N-dealkylation sites (tertiary alicyclic amines) is 1. The van der Waals surface area contributed by atoms with Crippen molar-refractivity contribution < 1.29 is 18.7 Å². The van der Waals surface area contributed by atoms with Crippen LogP contribution in [0.15, 0.2) is 24.5 Å². The second-order valence-corrected chi connectivity index (χ2v) is 8.43. The topological polar surface area (TPSA) is 76.6 Å². The van der Waals surface area contributed by atoms with Crippen LogP contribution in [0.25, 0.3) is 0 Å². The summed E-state index contributed by atoms with van der Waals surface area (Å²) in [7, 11) is 0. The van der Waals surface area contributed by atoms with Gasteiger partial charge in [0.2, 0.25) is 5.88 Å². The van der Waals surface area contributed by atoms with Crippen molar-refractivity contribution in [2.75, 3.05) is 18.4 Å². The first-order valence-corrected chi connectivity index (χ1v) is 11.4. The third-order valence-electron chi connectivity index (χ3n) is 5.46. The number of ether oxygens (including phenoxy) is 2. The Morgan fingerprint density at radius 3 is 2.69 bits per heavy atom. The largest absolute Gasteiger partial charge is 0.474 e. The summed E-state index contributed by atoms with van der Waals surface area (Å²) in [4.78, 5) is 22.3. The number of piperidine rings is 1. The molecule has 0 saturated carbocycles. The van der Waals surface area contributed by atoms with E-state index >= 15 is 0 Å². The SMILES string of the molecule is CCCCc1ccc(Nc2ncnc(OC3CCN(C(=O)OC(C)C)CC3)c2C)c(F)c1. The van der Waals surface area contributed by atoms with Gasteiger partial charge in [0.1, 0.15) is 24.1 Å². The molecule has 1 saturated heterocycles. The van der Waals surface area contributed by atoms with Gasteiger partial charge in [-0.05, 0) is 51.3 Å². The summed E-state index contributed by atoms with van der Waals surface area (Å²) in [5.74, 6) is 0.665. The van der Waals surface area contributed by atoms with Gasteiger partial charge in [-0.25, -0.2) is 19.2 Å². The number of carbonyl (C=O) groups is 1. The smallest absolute Gasteiger partial charge is 0.410 e. The van der Waals surface area contributed by atoms with Crippen LogP contribution in [0, 0.1) is 12.7 Å². The Hall–Kier alpha value is -2.90. The van der Waals surface area contributed by atoms with Crippen molar-refractivity contribution in [3.63, 3.8) is 0 Å². The minimum absolute atomic E-state index is 0.0610. The van der Waals surface area contributed by atoms with Gasteiger partial charge >= 0.3 is 6.09 Å². The lowest BCUT2D eigenvalue weighted by Crippen LogP contribution is -2.42. The van der Waals surface area contributed by atoms with E-state index in [2.05, 4.69) is 22.2 Å². The van der Waals surface area contributed by atoms with E-state index in [1.807, 2.05) is 26.8 Å². The maximum Gasteiger partial charge on any atom is 0.410 e. The fraction of sp³-hybridized carbons (Fsp3) is 0.542. The van der Waals surface area contributed by atoms with E-state index in [1.54, 1.807) is 17.0 Å². The molecule has 7 nitrogen and oxygen atoms in total. The number of carbonyl (C=O) groups excluding carboxylic acids is 1. The maximum atomic E-state index is 14.6. The molecule has 1 aromatic heterocycles. The Morgan fingerprint density at radius 1 is 1.28 bits per heavy atom. The summed E-state index contributed by atoms with van der Waals surface area (Å²) in [6, 6.07) is 5.26. The number of nitrogens with zero attached hydrogens (tertiary/aromatic N) is 3. The van der Waals surface area contributed by atoms with Gasteiger partial charge in [-0.15, -0.1) is 0 Å². The summed E-state index contributed by atoms with van der Waals surface area (Å²) < 4.78 is 25.9. The number of aromatic nitrogens is 2. The molecule has 1 aliphatic rings. The zero-order valence-electron chi connectivity index (χ0n) is 19.4. The van der Waals surface area contributed by atoms with Crippen molar-refractivity contribution in [2.45, 2.75) is 72.0 Å². The van der Waals surface area contributed by atoms with Gasteiger partial charge in [0.25, 0.3) is 0 Å². The number of rotatable bonds is 8. The highest BCUT2D eigenvalue weighted by Gasteiger charge is 2.26. The summed E-state index contributed by atoms with van der Waals surface area (Å²) in [5.41, 5.74) is 2.07. The average molecular weight is 445 g/mol. The number of nitrogens with one attached hydrogen (secondary N) is 1.